The number of nitrogens with zero attached hydrogens (tertiary/aromatic N) is 2. The maximum Gasteiger partial charge on any atom is 0.0224 e. The lowest BCUT2D eigenvalue weighted by molar-refractivity contribution is 0.0527. The second-order valence-electron chi connectivity index (χ2n) is 5.71. The monoisotopic (exact) mass is 224 g/mol. The van der Waals surface area contributed by atoms with Crippen molar-refractivity contribution in [1.29, 1.82) is 0 Å². The van der Waals surface area contributed by atoms with Gasteiger partial charge in [-0.2, -0.15) is 0 Å². The molecule has 0 N–H and O–H groups in total. The zero-order valence-corrected chi connectivity index (χ0v) is 11.3. The van der Waals surface area contributed by atoms with Crippen molar-refractivity contribution >= 4 is 0 Å². The Morgan fingerprint density at radius 2 is 1.75 bits per heavy atom. The Bertz CT molecular complexity index is 203. The average molecular weight is 224 g/mol. The molecular weight excluding hydrogens is 196 g/mol. The van der Waals surface area contributed by atoms with Crippen LogP contribution in [0.2, 0.25) is 0 Å². The molecule has 2 heterocycles. The minimum atomic E-state index is 0.856. The van der Waals surface area contributed by atoms with Crippen molar-refractivity contribution in [3.8, 4) is 0 Å². The predicted molar refractivity (Wildman–Crippen MR) is 69.8 cm³/mol. The molecule has 94 valence electrons. The van der Waals surface area contributed by atoms with Gasteiger partial charge >= 0.3 is 0 Å². The second kappa shape index (κ2) is 5.50. The second-order valence-corrected chi connectivity index (χ2v) is 5.71. The van der Waals surface area contributed by atoms with Gasteiger partial charge in [-0.25, -0.2) is 0 Å². The van der Waals surface area contributed by atoms with Crippen LogP contribution >= 0.6 is 0 Å². The summed E-state index contributed by atoms with van der Waals surface area (Å²) >= 11 is 0. The Morgan fingerprint density at radius 3 is 2.25 bits per heavy atom. The summed E-state index contributed by atoms with van der Waals surface area (Å²) in [5.41, 5.74) is 0. The molecule has 2 bridgehead atoms. The average Bonchev–Trinajstić information content (AvgIpc) is 2.54. The molecule has 2 fully saturated rings. The van der Waals surface area contributed by atoms with Gasteiger partial charge in [0.2, 0.25) is 0 Å². The predicted octanol–water partition coefficient (Wildman–Crippen LogP) is 2.73. The first-order valence-electron chi connectivity index (χ1n) is 7.22. The number of hydrogen-bond acceptors (Lipinski definition) is 2. The SMILES string of the molecule is CCCCC(CC)N1C[C@H]2CC[C@@H](C1)N2C. The summed E-state index contributed by atoms with van der Waals surface area (Å²) in [6, 6.07) is 2.57. The van der Waals surface area contributed by atoms with E-state index >= 15 is 0 Å². The molecule has 2 aliphatic rings. The van der Waals surface area contributed by atoms with E-state index in [2.05, 4.69) is 30.7 Å². The first-order chi connectivity index (χ1) is 7.76. The smallest absolute Gasteiger partial charge is 0.0224 e. The van der Waals surface area contributed by atoms with Crippen molar-refractivity contribution < 1.29 is 0 Å². The molecule has 0 aromatic rings. The molecule has 0 aliphatic carbocycles. The van der Waals surface area contributed by atoms with Gasteiger partial charge in [-0.05, 0) is 32.7 Å². The number of rotatable bonds is 5. The molecule has 0 aromatic heterocycles. The molecule has 2 heteroatoms. The van der Waals surface area contributed by atoms with E-state index in [0.717, 1.165) is 18.1 Å². The summed E-state index contributed by atoms with van der Waals surface area (Å²) < 4.78 is 0. The summed E-state index contributed by atoms with van der Waals surface area (Å²) in [5.74, 6) is 0. The third kappa shape index (κ3) is 2.43. The van der Waals surface area contributed by atoms with E-state index in [1.807, 2.05) is 0 Å². The van der Waals surface area contributed by atoms with Gasteiger partial charge in [0, 0.05) is 31.2 Å². The minimum Gasteiger partial charge on any atom is -0.298 e. The lowest BCUT2D eigenvalue weighted by atomic mass is 10.0. The Balaban J connectivity index is 1.90. The van der Waals surface area contributed by atoms with Gasteiger partial charge in [-0.1, -0.05) is 26.7 Å². The third-order valence-corrected chi connectivity index (χ3v) is 4.75. The molecule has 2 nitrogen and oxygen atoms in total. The number of likely N-dealkylation sites (tertiary alicyclic amines) is 1. The van der Waals surface area contributed by atoms with E-state index in [-0.39, 0.29) is 0 Å². The molecule has 16 heavy (non-hydrogen) atoms. The Hall–Kier alpha value is -0.0800. The fourth-order valence-corrected chi connectivity index (χ4v) is 3.53. The van der Waals surface area contributed by atoms with Crippen LogP contribution in [-0.2, 0) is 0 Å². The molecule has 2 aliphatic heterocycles. The third-order valence-electron chi connectivity index (χ3n) is 4.75. The maximum atomic E-state index is 2.79. The summed E-state index contributed by atoms with van der Waals surface area (Å²) in [6.07, 6.45) is 8.36. The molecule has 0 amide bonds. The lowest BCUT2D eigenvalue weighted by Gasteiger charge is -2.42. The van der Waals surface area contributed by atoms with E-state index in [4.69, 9.17) is 0 Å². The normalized spacial score (nSPS) is 33.2. The van der Waals surface area contributed by atoms with Crippen LogP contribution in [0.25, 0.3) is 0 Å². The summed E-state index contributed by atoms with van der Waals surface area (Å²) in [7, 11) is 2.33. The molecular formula is C14H28N2. The fraction of sp³-hybridized carbons (Fsp3) is 1.00. The number of unbranched alkanes of at least 4 members (excludes halogenated alkanes) is 1. The topological polar surface area (TPSA) is 6.48 Å². The highest BCUT2D eigenvalue weighted by atomic mass is 15.3. The number of likely N-dealkylation sites (N-methyl/N-ethyl adjacent to an activating group) is 1. The molecule has 1 unspecified atom stereocenters. The van der Waals surface area contributed by atoms with Crippen LogP contribution < -0.4 is 0 Å². The van der Waals surface area contributed by atoms with Gasteiger partial charge in [0.05, 0.1) is 0 Å². The Morgan fingerprint density at radius 1 is 1.12 bits per heavy atom. The Kier molecular flexibility index (Phi) is 4.26. The zero-order valence-electron chi connectivity index (χ0n) is 11.3. The number of hydrogen-bond donors (Lipinski definition) is 0. The van der Waals surface area contributed by atoms with Gasteiger partial charge < -0.3 is 0 Å². The van der Waals surface area contributed by atoms with Crippen LogP contribution in [0.5, 0.6) is 0 Å². The van der Waals surface area contributed by atoms with Gasteiger partial charge in [-0.3, -0.25) is 9.80 Å². The molecule has 0 radical (unpaired) electrons. The molecule has 0 spiro atoms. The van der Waals surface area contributed by atoms with Crippen molar-refractivity contribution in [3.05, 3.63) is 0 Å². The van der Waals surface area contributed by atoms with Gasteiger partial charge in [0.15, 0.2) is 0 Å². The van der Waals surface area contributed by atoms with Crippen molar-refractivity contribution in [2.75, 3.05) is 20.1 Å². The van der Waals surface area contributed by atoms with E-state index < -0.39 is 0 Å². The van der Waals surface area contributed by atoms with Gasteiger partial charge in [0.1, 0.15) is 0 Å². The standard InChI is InChI=1S/C14H28N2/c1-4-6-7-12(5-2)16-10-13-8-9-14(11-16)15(13)3/h12-14H,4-11H2,1-3H3/t12?,13-,14+. The molecule has 0 aromatic carbocycles. The van der Waals surface area contributed by atoms with Gasteiger partial charge in [0.25, 0.3) is 0 Å². The van der Waals surface area contributed by atoms with Crippen molar-refractivity contribution in [1.82, 2.24) is 9.80 Å². The zero-order chi connectivity index (χ0) is 11.5. The molecule has 0 saturated carbocycles. The van der Waals surface area contributed by atoms with E-state index in [0.29, 0.717) is 0 Å². The largest absolute Gasteiger partial charge is 0.298 e. The first-order valence-corrected chi connectivity index (χ1v) is 7.22. The van der Waals surface area contributed by atoms with Crippen molar-refractivity contribution in [2.24, 2.45) is 0 Å². The van der Waals surface area contributed by atoms with E-state index in [1.54, 1.807) is 0 Å². The van der Waals surface area contributed by atoms with E-state index in [9.17, 15) is 0 Å². The van der Waals surface area contributed by atoms with Crippen LogP contribution in [0.3, 0.4) is 0 Å². The highest BCUT2D eigenvalue weighted by Crippen LogP contribution is 2.30. The summed E-state index contributed by atoms with van der Waals surface area (Å²) in [6.45, 7) is 7.32. The fourth-order valence-electron chi connectivity index (χ4n) is 3.53. The lowest BCUT2D eigenvalue weighted by Crippen LogP contribution is -2.54. The molecule has 2 saturated heterocycles. The summed E-state index contributed by atoms with van der Waals surface area (Å²) in [5, 5.41) is 0. The Labute approximate surface area is 101 Å². The highest BCUT2D eigenvalue weighted by molar-refractivity contribution is 4.95. The molecule has 3 atom stereocenters. The van der Waals surface area contributed by atoms with Crippen molar-refractivity contribution in [2.45, 2.75) is 70.5 Å². The van der Waals surface area contributed by atoms with Crippen LogP contribution in [-0.4, -0.2) is 48.1 Å². The number of piperazine rings is 1. The van der Waals surface area contributed by atoms with Crippen molar-refractivity contribution in [3.63, 3.8) is 0 Å². The highest BCUT2D eigenvalue weighted by Gasteiger charge is 2.38. The van der Waals surface area contributed by atoms with Gasteiger partial charge in [-0.15, -0.1) is 0 Å². The van der Waals surface area contributed by atoms with Crippen LogP contribution in [0.4, 0.5) is 0 Å². The number of fused-ring (bicyclic) bond motifs is 2. The summed E-state index contributed by atoms with van der Waals surface area (Å²) in [4.78, 5) is 5.42. The molecule has 2 rings (SSSR count). The minimum absolute atomic E-state index is 0.856. The van der Waals surface area contributed by atoms with E-state index in [1.165, 1.54) is 51.6 Å². The quantitative estimate of drug-likeness (QED) is 0.708. The first kappa shape index (κ1) is 12.4. The van der Waals surface area contributed by atoms with Crippen LogP contribution in [0.1, 0.15) is 52.4 Å². The van der Waals surface area contributed by atoms with Crippen LogP contribution in [0.15, 0.2) is 0 Å². The van der Waals surface area contributed by atoms with Crippen LogP contribution in [0, 0.1) is 0 Å². The maximum absolute atomic E-state index is 2.79.